The van der Waals surface area contributed by atoms with Crippen LogP contribution in [0.2, 0.25) is 0 Å². The average molecular weight is 457 g/mol. The lowest BCUT2D eigenvalue weighted by Gasteiger charge is -2.48. The fraction of sp³-hybridized carbons (Fsp3) is 0.435. The molecule has 4 N–H and O–H groups in total. The predicted molar refractivity (Wildman–Crippen MR) is 110 cm³/mol. The van der Waals surface area contributed by atoms with Gasteiger partial charge >= 0.3 is 5.97 Å². The molecule has 10 nitrogen and oxygen atoms in total. The topological polar surface area (TPSA) is 170 Å². The van der Waals surface area contributed by atoms with Crippen molar-refractivity contribution in [1.82, 2.24) is 0 Å². The summed E-state index contributed by atoms with van der Waals surface area (Å²) in [6, 6.07) is 4.60. The van der Waals surface area contributed by atoms with Gasteiger partial charge < -0.3 is 25.4 Å². The zero-order valence-corrected chi connectivity index (χ0v) is 17.8. The third kappa shape index (κ3) is 3.41. The lowest BCUT2D eigenvalue weighted by molar-refractivity contribution is -0.167. The standard InChI is InChI=1S/C23H23NO9/c1-2-32-15(26)9-33-14-8-12-7-11-6-10-4-3-5-13(25)16(10)19(27)17(11)20(28)23(12,31)21(29)18(14)22(24)30/h3-5,11-12,17,25,31H,2,6-9H2,1H3,(H2,24,30)/t11-,12-,17?,23-/m0/s1. The number of Topliss-reactive ketones (excluding diaryl/α,β-unsaturated/α-hetero) is 3. The van der Waals surface area contributed by atoms with E-state index in [9.17, 15) is 34.2 Å². The van der Waals surface area contributed by atoms with E-state index < -0.39 is 64.8 Å². The van der Waals surface area contributed by atoms with Crippen molar-refractivity contribution in [2.45, 2.75) is 31.8 Å². The number of carbonyl (C=O) groups excluding carboxylic acids is 5. The molecule has 0 aromatic heterocycles. The Bertz CT molecular complexity index is 1120. The van der Waals surface area contributed by atoms with E-state index in [1.165, 1.54) is 6.07 Å². The van der Waals surface area contributed by atoms with Crippen molar-refractivity contribution in [2.24, 2.45) is 23.5 Å². The maximum atomic E-state index is 13.4. The molecule has 1 fully saturated rings. The third-order valence-electron chi connectivity index (χ3n) is 6.65. The molecule has 1 amide bonds. The molecular weight excluding hydrogens is 434 g/mol. The maximum absolute atomic E-state index is 13.4. The van der Waals surface area contributed by atoms with E-state index in [4.69, 9.17) is 15.2 Å². The maximum Gasteiger partial charge on any atom is 0.344 e. The Morgan fingerprint density at radius 3 is 2.61 bits per heavy atom. The highest BCUT2D eigenvalue weighted by Gasteiger charge is 2.64. The van der Waals surface area contributed by atoms with Gasteiger partial charge in [0.15, 0.2) is 23.8 Å². The largest absolute Gasteiger partial charge is 0.507 e. The first kappa shape index (κ1) is 22.7. The van der Waals surface area contributed by atoms with Crippen LogP contribution in [0.15, 0.2) is 29.5 Å². The van der Waals surface area contributed by atoms with E-state index in [2.05, 4.69) is 0 Å². The number of hydrogen-bond donors (Lipinski definition) is 3. The van der Waals surface area contributed by atoms with Gasteiger partial charge in [0.1, 0.15) is 17.1 Å². The number of aliphatic hydroxyl groups is 1. The lowest BCUT2D eigenvalue weighted by Crippen LogP contribution is -2.65. The number of aromatic hydroxyl groups is 1. The van der Waals surface area contributed by atoms with Gasteiger partial charge in [-0.25, -0.2) is 4.79 Å². The summed E-state index contributed by atoms with van der Waals surface area (Å²) < 4.78 is 10.1. The molecular formula is C23H23NO9. The number of hydrogen-bond acceptors (Lipinski definition) is 9. The number of phenols is 1. The van der Waals surface area contributed by atoms with Crippen LogP contribution < -0.4 is 5.73 Å². The van der Waals surface area contributed by atoms with Gasteiger partial charge in [0.2, 0.25) is 5.78 Å². The van der Waals surface area contributed by atoms with Crippen LogP contribution in [0.5, 0.6) is 5.75 Å². The number of phenolic OH excluding ortho intramolecular Hbond substituents is 1. The van der Waals surface area contributed by atoms with Crippen molar-refractivity contribution in [2.75, 3.05) is 13.2 Å². The normalized spacial score (nSPS) is 28.5. The van der Waals surface area contributed by atoms with Crippen LogP contribution in [-0.2, 0) is 35.1 Å². The van der Waals surface area contributed by atoms with Crippen LogP contribution in [0.4, 0.5) is 0 Å². The Morgan fingerprint density at radius 2 is 1.94 bits per heavy atom. The van der Waals surface area contributed by atoms with Crippen LogP contribution in [0, 0.1) is 17.8 Å². The number of primary amides is 1. The fourth-order valence-electron chi connectivity index (χ4n) is 5.24. The number of benzene rings is 1. The van der Waals surface area contributed by atoms with E-state index in [1.54, 1.807) is 19.1 Å². The number of nitrogens with two attached hydrogens (primary N) is 1. The number of allylic oxidation sites excluding steroid dienone is 1. The van der Waals surface area contributed by atoms with Gasteiger partial charge in [-0.05, 0) is 37.3 Å². The van der Waals surface area contributed by atoms with Crippen LogP contribution in [-0.4, -0.2) is 58.3 Å². The van der Waals surface area contributed by atoms with Crippen LogP contribution in [0.1, 0.15) is 35.7 Å². The average Bonchev–Trinajstić information content (AvgIpc) is 2.74. The summed E-state index contributed by atoms with van der Waals surface area (Å²) in [5, 5.41) is 21.5. The summed E-state index contributed by atoms with van der Waals surface area (Å²) in [5.74, 6) is -8.19. The van der Waals surface area contributed by atoms with E-state index in [0.717, 1.165) is 0 Å². The molecule has 174 valence electrons. The number of amides is 1. The fourth-order valence-corrected chi connectivity index (χ4v) is 5.24. The van der Waals surface area contributed by atoms with Crippen LogP contribution in [0.25, 0.3) is 0 Å². The second-order valence-corrected chi connectivity index (χ2v) is 8.47. The first-order valence-electron chi connectivity index (χ1n) is 10.6. The monoisotopic (exact) mass is 457 g/mol. The molecule has 0 heterocycles. The molecule has 0 spiro atoms. The highest BCUT2D eigenvalue weighted by Crippen LogP contribution is 2.50. The summed E-state index contributed by atoms with van der Waals surface area (Å²) >= 11 is 0. The Kier molecular flexibility index (Phi) is 5.57. The second kappa shape index (κ2) is 8.11. The Hall–Kier alpha value is -3.53. The smallest absolute Gasteiger partial charge is 0.344 e. The summed E-state index contributed by atoms with van der Waals surface area (Å²) in [4.78, 5) is 63.5. The van der Waals surface area contributed by atoms with Gasteiger partial charge in [-0.1, -0.05) is 12.1 Å². The number of ketones is 3. The molecule has 0 saturated heterocycles. The van der Waals surface area contributed by atoms with Crippen molar-refractivity contribution in [3.05, 3.63) is 40.7 Å². The number of rotatable bonds is 5. The lowest BCUT2D eigenvalue weighted by atomic mass is 9.55. The van der Waals surface area contributed by atoms with Crippen molar-refractivity contribution in [1.29, 1.82) is 0 Å². The van der Waals surface area contributed by atoms with E-state index in [1.807, 2.05) is 0 Å². The van der Waals surface area contributed by atoms with Crippen molar-refractivity contribution in [3.8, 4) is 5.75 Å². The third-order valence-corrected chi connectivity index (χ3v) is 6.65. The van der Waals surface area contributed by atoms with Gasteiger partial charge in [-0.3, -0.25) is 19.2 Å². The van der Waals surface area contributed by atoms with E-state index >= 15 is 0 Å². The van der Waals surface area contributed by atoms with E-state index in [0.29, 0.717) is 5.56 Å². The highest BCUT2D eigenvalue weighted by molar-refractivity contribution is 6.32. The summed E-state index contributed by atoms with van der Waals surface area (Å²) in [7, 11) is 0. The molecule has 1 aromatic rings. The summed E-state index contributed by atoms with van der Waals surface area (Å²) in [6.45, 7) is 1.13. The quantitative estimate of drug-likeness (QED) is 0.312. The number of ether oxygens (including phenoxy) is 2. The molecule has 3 aliphatic carbocycles. The number of esters is 1. The zero-order chi connectivity index (χ0) is 24.1. The number of carbonyl (C=O) groups is 5. The molecule has 1 aromatic carbocycles. The molecule has 4 rings (SSSR count). The predicted octanol–water partition coefficient (Wildman–Crippen LogP) is -0.0246. The first-order chi connectivity index (χ1) is 15.6. The van der Waals surface area contributed by atoms with Crippen molar-refractivity contribution >= 4 is 29.2 Å². The molecule has 1 saturated carbocycles. The van der Waals surface area contributed by atoms with Crippen LogP contribution >= 0.6 is 0 Å². The molecule has 10 heteroatoms. The van der Waals surface area contributed by atoms with Crippen molar-refractivity contribution in [3.63, 3.8) is 0 Å². The van der Waals surface area contributed by atoms with Gasteiger partial charge in [0, 0.05) is 12.3 Å². The minimum atomic E-state index is -2.64. The molecule has 4 atom stereocenters. The molecule has 33 heavy (non-hydrogen) atoms. The molecule has 3 aliphatic rings. The zero-order valence-electron chi connectivity index (χ0n) is 17.8. The Balaban J connectivity index is 1.72. The molecule has 0 bridgehead atoms. The Morgan fingerprint density at radius 1 is 1.21 bits per heavy atom. The molecule has 1 unspecified atom stereocenters. The van der Waals surface area contributed by atoms with E-state index in [-0.39, 0.29) is 42.9 Å². The summed E-state index contributed by atoms with van der Waals surface area (Å²) in [6.07, 6.45) is 0.200. The summed E-state index contributed by atoms with van der Waals surface area (Å²) in [5.41, 5.74) is 2.57. The molecule has 0 radical (unpaired) electrons. The minimum Gasteiger partial charge on any atom is -0.507 e. The van der Waals surface area contributed by atoms with Gasteiger partial charge in [-0.2, -0.15) is 0 Å². The minimum absolute atomic E-state index is 0.00142. The Labute approximate surface area is 188 Å². The SMILES string of the molecule is CCOC(=O)COC1=C(C(N)=O)C(=O)[C@@]2(O)C(=O)C3C(=O)c4c(O)cccc4C[C@H]3C[C@H]2C1. The van der Waals surface area contributed by atoms with Crippen molar-refractivity contribution < 1.29 is 43.7 Å². The second-order valence-electron chi connectivity index (χ2n) is 8.47. The number of fused-ring (bicyclic) bond motifs is 3. The van der Waals surface area contributed by atoms with Gasteiger partial charge in [-0.15, -0.1) is 0 Å². The first-order valence-corrected chi connectivity index (χ1v) is 10.6. The van der Waals surface area contributed by atoms with Crippen LogP contribution in [0.3, 0.4) is 0 Å². The van der Waals surface area contributed by atoms with Gasteiger partial charge in [0.25, 0.3) is 5.91 Å². The molecule has 0 aliphatic heterocycles. The van der Waals surface area contributed by atoms with Gasteiger partial charge in [0.05, 0.1) is 18.1 Å². The highest BCUT2D eigenvalue weighted by atomic mass is 16.6.